The van der Waals surface area contributed by atoms with Crippen LogP contribution in [0.4, 0.5) is 0 Å². The van der Waals surface area contributed by atoms with Crippen molar-refractivity contribution in [3.8, 4) is 0 Å². The summed E-state index contributed by atoms with van der Waals surface area (Å²) in [5.41, 5.74) is 7.14. The van der Waals surface area contributed by atoms with Gasteiger partial charge in [0.2, 0.25) is 17.7 Å². The number of likely N-dealkylation sites (tertiary alicyclic amines) is 1. The first-order chi connectivity index (χ1) is 18.2. The number of carbonyl (C=O) groups excluding carboxylic acids is 3. The number of carbonyl (C=O) groups is 5. The van der Waals surface area contributed by atoms with Gasteiger partial charge in [0.1, 0.15) is 18.1 Å². The van der Waals surface area contributed by atoms with Crippen LogP contribution < -0.4 is 16.4 Å². The molecule has 1 aliphatic heterocycles. The number of hydrogen-bond acceptors (Lipinski definition) is 7. The van der Waals surface area contributed by atoms with E-state index in [4.69, 9.17) is 10.8 Å². The molecule has 0 aliphatic carbocycles. The molecule has 13 heteroatoms. The third kappa shape index (κ3) is 7.87. The number of nitrogens with one attached hydrogen (secondary N) is 3. The highest BCUT2D eigenvalue weighted by atomic mass is 16.4. The number of carboxylic acids is 2. The average molecular weight is 529 g/mol. The predicted molar refractivity (Wildman–Crippen MR) is 134 cm³/mol. The molecule has 0 saturated carbocycles. The maximum absolute atomic E-state index is 13.3. The van der Waals surface area contributed by atoms with E-state index in [0.29, 0.717) is 18.5 Å². The van der Waals surface area contributed by atoms with Gasteiger partial charge in [-0.25, -0.2) is 9.78 Å². The second kappa shape index (κ2) is 13.3. The number of aromatic amines is 1. The van der Waals surface area contributed by atoms with E-state index in [1.165, 1.54) is 17.4 Å². The third-order valence-electron chi connectivity index (χ3n) is 6.33. The number of nitrogens with zero attached hydrogens (tertiary/aromatic N) is 2. The minimum Gasteiger partial charge on any atom is -0.481 e. The first-order valence-electron chi connectivity index (χ1n) is 12.3. The van der Waals surface area contributed by atoms with Gasteiger partial charge in [-0.1, -0.05) is 30.3 Å². The van der Waals surface area contributed by atoms with E-state index in [1.54, 1.807) is 30.3 Å². The molecule has 0 bridgehead atoms. The summed E-state index contributed by atoms with van der Waals surface area (Å²) in [6, 6.07) is 4.57. The Morgan fingerprint density at radius 3 is 2.45 bits per heavy atom. The van der Waals surface area contributed by atoms with Crippen molar-refractivity contribution in [2.24, 2.45) is 5.73 Å². The molecule has 4 atom stereocenters. The van der Waals surface area contributed by atoms with Crippen LogP contribution in [-0.2, 0) is 36.8 Å². The summed E-state index contributed by atoms with van der Waals surface area (Å²) >= 11 is 0. The van der Waals surface area contributed by atoms with Crippen LogP contribution in [0.3, 0.4) is 0 Å². The largest absolute Gasteiger partial charge is 0.481 e. The van der Waals surface area contributed by atoms with Gasteiger partial charge < -0.3 is 36.5 Å². The van der Waals surface area contributed by atoms with Crippen molar-refractivity contribution in [3.05, 3.63) is 54.1 Å². The summed E-state index contributed by atoms with van der Waals surface area (Å²) in [5, 5.41) is 23.7. The van der Waals surface area contributed by atoms with E-state index < -0.39 is 53.8 Å². The zero-order valence-corrected chi connectivity index (χ0v) is 20.7. The minimum atomic E-state index is -1.27. The number of nitrogens with two attached hydrogens (primary N) is 1. The minimum absolute atomic E-state index is 0.0355. The van der Waals surface area contributed by atoms with Crippen LogP contribution in [0.25, 0.3) is 0 Å². The standard InChI is InChI=1S/C25H32N6O7/c26-17(8-9-21(32)33)24(36)31-10-4-7-20(31)23(35)29-18(11-15-5-2-1-3-6-15)22(34)30-19(25(37)38)12-16-13-27-14-28-16/h1-3,5-6,13-14,17-20H,4,7-12,26H2,(H,27,28)(H,29,35)(H,30,34)(H,32,33)(H,37,38). The molecule has 2 aromatic rings. The Hall–Kier alpha value is -4.26. The number of H-pyrrole nitrogens is 1. The molecule has 0 radical (unpaired) electrons. The molecule has 4 unspecified atom stereocenters. The lowest BCUT2D eigenvalue weighted by molar-refractivity contribution is -0.143. The van der Waals surface area contributed by atoms with Crippen molar-refractivity contribution in [2.45, 2.75) is 62.7 Å². The van der Waals surface area contributed by atoms with Crippen LogP contribution >= 0.6 is 0 Å². The molecule has 0 spiro atoms. The van der Waals surface area contributed by atoms with Gasteiger partial charge in [-0.15, -0.1) is 0 Å². The molecule has 1 saturated heterocycles. The first kappa shape index (κ1) is 28.3. The fourth-order valence-electron chi connectivity index (χ4n) is 4.33. The summed E-state index contributed by atoms with van der Waals surface area (Å²) in [7, 11) is 0. The molecule has 3 rings (SSSR count). The number of aromatic nitrogens is 2. The van der Waals surface area contributed by atoms with Crippen molar-refractivity contribution in [1.29, 1.82) is 0 Å². The quantitative estimate of drug-likeness (QED) is 0.196. The van der Waals surface area contributed by atoms with E-state index in [1.807, 2.05) is 0 Å². The topological polar surface area (TPSA) is 208 Å². The molecule has 1 fully saturated rings. The number of imidazole rings is 1. The molecular weight excluding hydrogens is 496 g/mol. The average Bonchev–Trinajstić information content (AvgIpc) is 3.59. The number of rotatable bonds is 13. The van der Waals surface area contributed by atoms with Gasteiger partial charge in [0.15, 0.2) is 0 Å². The zero-order chi connectivity index (χ0) is 27.7. The smallest absolute Gasteiger partial charge is 0.326 e. The van der Waals surface area contributed by atoms with E-state index in [9.17, 15) is 29.1 Å². The third-order valence-corrected chi connectivity index (χ3v) is 6.33. The molecule has 1 aromatic heterocycles. The zero-order valence-electron chi connectivity index (χ0n) is 20.7. The summed E-state index contributed by atoms with van der Waals surface area (Å²) in [4.78, 5) is 70.0. The van der Waals surface area contributed by atoms with Gasteiger partial charge in [0.25, 0.3) is 0 Å². The van der Waals surface area contributed by atoms with Gasteiger partial charge >= 0.3 is 11.9 Å². The molecule has 38 heavy (non-hydrogen) atoms. The molecule has 2 heterocycles. The SMILES string of the molecule is NC(CCC(=O)O)C(=O)N1CCCC1C(=O)NC(Cc1ccccc1)C(=O)NC(Cc1cnc[nH]1)C(=O)O. The molecule has 1 aliphatic rings. The Bertz CT molecular complexity index is 1120. The molecule has 7 N–H and O–H groups in total. The second-order valence-electron chi connectivity index (χ2n) is 9.16. The second-order valence-corrected chi connectivity index (χ2v) is 9.16. The Morgan fingerprint density at radius 2 is 1.82 bits per heavy atom. The van der Waals surface area contributed by atoms with Gasteiger partial charge in [-0.3, -0.25) is 19.2 Å². The van der Waals surface area contributed by atoms with Crippen molar-refractivity contribution >= 4 is 29.7 Å². The van der Waals surface area contributed by atoms with Crippen molar-refractivity contribution < 1.29 is 34.2 Å². The van der Waals surface area contributed by atoms with Gasteiger partial charge in [-0.05, 0) is 24.8 Å². The number of hydrogen-bond donors (Lipinski definition) is 6. The van der Waals surface area contributed by atoms with Crippen LogP contribution in [0.15, 0.2) is 42.9 Å². The highest BCUT2D eigenvalue weighted by molar-refractivity contribution is 5.94. The highest BCUT2D eigenvalue weighted by Crippen LogP contribution is 2.20. The molecular formula is C25H32N6O7. The van der Waals surface area contributed by atoms with E-state index in [-0.39, 0.29) is 32.2 Å². The van der Waals surface area contributed by atoms with Crippen LogP contribution in [0, 0.1) is 0 Å². The van der Waals surface area contributed by atoms with E-state index in [0.717, 1.165) is 5.56 Å². The van der Waals surface area contributed by atoms with E-state index >= 15 is 0 Å². The first-order valence-corrected chi connectivity index (χ1v) is 12.3. The number of carboxylic acid groups (broad SMARTS) is 2. The number of benzene rings is 1. The van der Waals surface area contributed by atoms with Crippen LogP contribution in [0.2, 0.25) is 0 Å². The molecule has 1 aromatic carbocycles. The lowest BCUT2D eigenvalue weighted by Crippen LogP contribution is -2.57. The highest BCUT2D eigenvalue weighted by Gasteiger charge is 2.38. The van der Waals surface area contributed by atoms with Crippen LogP contribution in [0.1, 0.15) is 36.9 Å². The van der Waals surface area contributed by atoms with Crippen molar-refractivity contribution in [2.75, 3.05) is 6.54 Å². The van der Waals surface area contributed by atoms with Crippen molar-refractivity contribution in [1.82, 2.24) is 25.5 Å². The fraction of sp³-hybridized carbons (Fsp3) is 0.440. The fourth-order valence-corrected chi connectivity index (χ4v) is 4.33. The Kier molecular flexibility index (Phi) is 9.93. The maximum Gasteiger partial charge on any atom is 0.326 e. The van der Waals surface area contributed by atoms with Gasteiger partial charge in [-0.2, -0.15) is 0 Å². The Labute approximate surface area is 218 Å². The Balaban J connectivity index is 1.73. The summed E-state index contributed by atoms with van der Waals surface area (Å²) < 4.78 is 0. The lowest BCUT2D eigenvalue weighted by atomic mass is 10.0. The molecule has 13 nitrogen and oxygen atoms in total. The van der Waals surface area contributed by atoms with E-state index in [2.05, 4.69) is 20.6 Å². The monoisotopic (exact) mass is 528 g/mol. The number of aliphatic carboxylic acids is 2. The van der Waals surface area contributed by atoms with Gasteiger partial charge in [0.05, 0.1) is 12.4 Å². The maximum atomic E-state index is 13.3. The van der Waals surface area contributed by atoms with Gasteiger partial charge in [0, 0.05) is 37.7 Å². The lowest BCUT2D eigenvalue weighted by Gasteiger charge is -2.28. The summed E-state index contributed by atoms with van der Waals surface area (Å²) in [5.74, 6) is -4.12. The Morgan fingerprint density at radius 1 is 1.08 bits per heavy atom. The summed E-state index contributed by atoms with van der Waals surface area (Å²) in [6.07, 6.45) is 3.46. The van der Waals surface area contributed by atoms with Crippen LogP contribution in [0.5, 0.6) is 0 Å². The summed E-state index contributed by atoms with van der Waals surface area (Å²) in [6.45, 7) is 0.276. The van der Waals surface area contributed by atoms with Crippen LogP contribution in [-0.4, -0.2) is 85.5 Å². The number of amides is 3. The van der Waals surface area contributed by atoms with Crippen molar-refractivity contribution in [3.63, 3.8) is 0 Å². The molecule has 3 amide bonds. The predicted octanol–water partition coefficient (Wildman–Crippen LogP) is -0.568. The normalized spacial score (nSPS) is 17.3. The molecule has 204 valence electrons.